The molecule has 184 valence electrons. The van der Waals surface area contributed by atoms with E-state index in [1.165, 1.54) is 7.05 Å². The molecule has 2 aliphatic rings. The summed E-state index contributed by atoms with van der Waals surface area (Å²) in [5.74, 6) is 0.348. The number of hydrogen-bond acceptors (Lipinski definition) is 5. The highest BCUT2D eigenvalue weighted by molar-refractivity contribution is 7.88. The largest absolute Gasteiger partial charge is 0.337 e. The Morgan fingerprint density at radius 1 is 1.15 bits per heavy atom. The van der Waals surface area contributed by atoms with Crippen molar-refractivity contribution in [2.75, 3.05) is 39.5 Å². The number of piperazine rings is 1. The normalized spacial score (nSPS) is 20.5. The molecule has 1 saturated heterocycles. The summed E-state index contributed by atoms with van der Waals surface area (Å²) in [5, 5.41) is 0.568. The molecule has 1 aromatic rings. The molecule has 1 atom stereocenters. The van der Waals surface area contributed by atoms with Crippen molar-refractivity contribution in [3.63, 3.8) is 0 Å². The number of halogens is 1. The second-order valence-electron chi connectivity index (χ2n) is 9.68. The Kier molecular flexibility index (Phi) is 8.59. The highest BCUT2D eigenvalue weighted by Crippen LogP contribution is 2.29. The number of rotatable bonds is 8. The topological polar surface area (TPSA) is 78.0 Å². The van der Waals surface area contributed by atoms with E-state index in [1.54, 1.807) is 6.07 Å². The molecule has 9 heteroatoms. The number of carbonyl (C=O) groups excluding carboxylic acids is 2. The van der Waals surface area contributed by atoms with Gasteiger partial charge in [0.2, 0.25) is 15.9 Å². The molecule has 0 spiro atoms. The lowest BCUT2D eigenvalue weighted by atomic mass is 9.97. The molecule has 0 bridgehead atoms. The molecule has 1 amide bonds. The fourth-order valence-corrected chi connectivity index (χ4v) is 5.57. The number of amides is 1. The zero-order chi connectivity index (χ0) is 24.3. The summed E-state index contributed by atoms with van der Waals surface area (Å²) in [6.45, 7) is 6.99. The lowest BCUT2D eigenvalue weighted by molar-refractivity contribution is -0.140. The molecule has 0 unspecified atom stereocenters. The van der Waals surface area contributed by atoms with Crippen LogP contribution in [0.3, 0.4) is 0 Å². The number of sulfonamides is 1. The first-order chi connectivity index (χ1) is 15.5. The van der Waals surface area contributed by atoms with Gasteiger partial charge >= 0.3 is 0 Å². The fraction of sp³-hybridized carbons (Fsp3) is 0.667. The SMILES string of the molecule is Cc1c(CC(=O)CN(C)S(C)(=O)=O)cc(Cl)cc1CN1CCN(C(=O)C2CCCC2)[C@@H](C)C1. The number of carbonyl (C=O) groups is 2. The maximum Gasteiger partial charge on any atom is 0.226 e. The average Bonchev–Trinajstić information content (AvgIpc) is 3.25. The van der Waals surface area contributed by atoms with Crippen molar-refractivity contribution in [1.29, 1.82) is 0 Å². The van der Waals surface area contributed by atoms with Crippen LogP contribution in [0.25, 0.3) is 0 Å². The molecule has 1 aliphatic heterocycles. The van der Waals surface area contributed by atoms with Crippen LogP contribution < -0.4 is 0 Å². The van der Waals surface area contributed by atoms with Gasteiger partial charge in [0.15, 0.2) is 5.78 Å². The monoisotopic (exact) mass is 497 g/mol. The first-order valence-corrected chi connectivity index (χ1v) is 13.9. The van der Waals surface area contributed by atoms with Gasteiger partial charge in [-0.25, -0.2) is 8.42 Å². The van der Waals surface area contributed by atoms with E-state index in [-0.39, 0.29) is 30.7 Å². The average molecular weight is 498 g/mol. The van der Waals surface area contributed by atoms with Crippen LogP contribution in [0.5, 0.6) is 0 Å². The lowest BCUT2D eigenvalue weighted by Crippen LogP contribution is -2.54. The molecule has 1 aliphatic carbocycles. The molecule has 0 aromatic heterocycles. The van der Waals surface area contributed by atoms with Crippen molar-refractivity contribution < 1.29 is 18.0 Å². The molecule has 2 fully saturated rings. The Labute approximate surface area is 203 Å². The maximum atomic E-state index is 12.9. The number of likely N-dealkylation sites (N-methyl/N-ethyl adjacent to an activating group) is 1. The molecule has 1 heterocycles. The molecular weight excluding hydrogens is 462 g/mol. The molecular formula is C24H36ClN3O4S. The summed E-state index contributed by atoms with van der Waals surface area (Å²) in [7, 11) is -2.00. The number of hydrogen-bond donors (Lipinski definition) is 0. The lowest BCUT2D eigenvalue weighted by Gasteiger charge is -2.41. The van der Waals surface area contributed by atoms with E-state index >= 15 is 0 Å². The minimum absolute atomic E-state index is 0.138. The number of ketones is 1. The van der Waals surface area contributed by atoms with Crippen LogP contribution in [0.15, 0.2) is 12.1 Å². The molecule has 3 rings (SSSR count). The van der Waals surface area contributed by atoms with Crippen molar-refractivity contribution in [3.05, 3.63) is 33.8 Å². The Hall–Kier alpha value is -1.48. The summed E-state index contributed by atoms with van der Waals surface area (Å²) in [6, 6.07) is 3.90. The first kappa shape index (κ1) is 26.1. The second-order valence-corrected chi connectivity index (χ2v) is 12.2. The van der Waals surface area contributed by atoms with Crippen molar-refractivity contribution in [3.8, 4) is 0 Å². The zero-order valence-corrected chi connectivity index (χ0v) is 21.7. The second kappa shape index (κ2) is 10.8. The standard InChI is InChI=1S/C24H36ClN3O4S/c1-17-14-27(9-10-28(17)24(30)19-7-5-6-8-19)15-21-12-22(25)11-20(18(21)2)13-23(29)16-26(3)33(4,31)32/h11-12,17,19H,5-10,13-16H2,1-4H3/t17-/m0/s1. The molecule has 0 radical (unpaired) electrons. The number of Topliss-reactive ketones (excluding diaryl/α,β-unsaturated/α-hetero) is 1. The van der Waals surface area contributed by atoms with E-state index in [4.69, 9.17) is 11.6 Å². The van der Waals surface area contributed by atoms with Crippen molar-refractivity contribution in [2.24, 2.45) is 5.92 Å². The van der Waals surface area contributed by atoms with Gasteiger partial charge in [-0.2, -0.15) is 4.31 Å². The highest BCUT2D eigenvalue weighted by atomic mass is 35.5. The Bertz CT molecular complexity index is 992. The third-order valence-corrected chi connectivity index (χ3v) is 8.51. The predicted molar refractivity (Wildman–Crippen MR) is 131 cm³/mol. The van der Waals surface area contributed by atoms with E-state index in [9.17, 15) is 18.0 Å². The number of nitrogens with zero attached hydrogens (tertiary/aromatic N) is 3. The third kappa shape index (κ3) is 6.78. The van der Waals surface area contributed by atoms with Gasteiger partial charge in [0.25, 0.3) is 0 Å². The van der Waals surface area contributed by atoms with E-state index in [0.29, 0.717) is 17.5 Å². The minimum Gasteiger partial charge on any atom is -0.337 e. The van der Waals surface area contributed by atoms with Crippen molar-refractivity contribution in [1.82, 2.24) is 14.1 Å². The molecule has 0 N–H and O–H groups in total. The molecule has 1 saturated carbocycles. The summed E-state index contributed by atoms with van der Waals surface area (Å²) >= 11 is 6.38. The van der Waals surface area contributed by atoms with Crippen LogP contribution in [-0.2, 0) is 32.6 Å². The maximum absolute atomic E-state index is 12.9. The fourth-order valence-electron chi connectivity index (χ4n) is 4.93. The van der Waals surface area contributed by atoms with Gasteiger partial charge in [-0.15, -0.1) is 0 Å². The Morgan fingerprint density at radius 2 is 1.79 bits per heavy atom. The Morgan fingerprint density at radius 3 is 2.39 bits per heavy atom. The first-order valence-electron chi connectivity index (χ1n) is 11.7. The predicted octanol–water partition coefficient (Wildman–Crippen LogP) is 2.87. The summed E-state index contributed by atoms with van der Waals surface area (Å²) in [4.78, 5) is 29.8. The van der Waals surface area contributed by atoms with Crippen molar-refractivity contribution >= 4 is 33.3 Å². The highest BCUT2D eigenvalue weighted by Gasteiger charge is 2.33. The van der Waals surface area contributed by atoms with Gasteiger partial charge in [-0.1, -0.05) is 24.4 Å². The van der Waals surface area contributed by atoms with Crippen LogP contribution in [-0.4, -0.2) is 79.7 Å². The van der Waals surface area contributed by atoms with Crippen LogP contribution in [0, 0.1) is 12.8 Å². The smallest absolute Gasteiger partial charge is 0.226 e. The van der Waals surface area contributed by atoms with E-state index in [2.05, 4.69) is 16.7 Å². The van der Waals surface area contributed by atoms with Gasteiger partial charge in [0.05, 0.1) is 12.8 Å². The van der Waals surface area contributed by atoms with E-state index in [0.717, 1.165) is 72.6 Å². The van der Waals surface area contributed by atoms with Crippen LogP contribution >= 0.6 is 11.6 Å². The summed E-state index contributed by atoms with van der Waals surface area (Å²) < 4.78 is 24.3. The third-order valence-electron chi connectivity index (χ3n) is 7.03. The number of benzene rings is 1. The summed E-state index contributed by atoms with van der Waals surface area (Å²) in [6.07, 6.45) is 5.59. The Balaban J connectivity index is 1.64. The molecule has 33 heavy (non-hydrogen) atoms. The minimum atomic E-state index is -3.41. The zero-order valence-electron chi connectivity index (χ0n) is 20.1. The van der Waals surface area contributed by atoms with Crippen LogP contribution in [0.2, 0.25) is 5.02 Å². The van der Waals surface area contributed by atoms with E-state index < -0.39 is 10.0 Å². The molecule has 1 aromatic carbocycles. The van der Waals surface area contributed by atoms with Crippen LogP contribution in [0.4, 0.5) is 0 Å². The van der Waals surface area contributed by atoms with Gasteiger partial charge in [0, 0.05) is 56.6 Å². The van der Waals surface area contributed by atoms with Gasteiger partial charge < -0.3 is 4.90 Å². The van der Waals surface area contributed by atoms with E-state index in [1.807, 2.05) is 13.0 Å². The van der Waals surface area contributed by atoms with Gasteiger partial charge in [0.1, 0.15) is 0 Å². The van der Waals surface area contributed by atoms with Crippen LogP contribution in [0.1, 0.15) is 49.3 Å². The van der Waals surface area contributed by atoms with Gasteiger partial charge in [-0.3, -0.25) is 14.5 Å². The summed E-state index contributed by atoms with van der Waals surface area (Å²) in [5.41, 5.74) is 2.89. The molecule has 7 nitrogen and oxygen atoms in total. The van der Waals surface area contributed by atoms with Gasteiger partial charge in [-0.05, 0) is 55.5 Å². The quantitative estimate of drug-likeness (QED) is 0.552. The van der Waals surface area contributed by atoms with Crippen molar-refractivity contribution in [2.45, 2.75) is 58.5 Å².